The van der Waals surface area contributed by atoms with Gasteiger partial charge in [-0.05, 0) is 19.8 Å². The molecule has 0 amide bonds. The molecule has 0 spiro atoms. The molecule has 0 heterocycles. The maximum absolute atomic E-state index is 12.6. The Bertz CT molecular complexity index is 868. The Kier molecular flexibility index (Phi) is 5.88. The minimum absolute atomic E-state index is 0.0398. The van der Waals surface area contributed by atoms with Crippen molar-refractivity contribution in [3.8, 4) is 0 Å². The van der Waals surface area contributed by atoms with Crippen molar-refractivity contribution in [3.63, 3.8) is 0 Å². The molecule has 8 nitrogen and oxygen atoms in total. The van der Waals surface area contributed by atoms with Crippen molar-refractivity contribution in [3.05, 3.63) is 37.0 Å². The van der Waals surface area contributed by atoms with Gasteiger partial charge in [0, 0.05) is 29.7 Å². The van der Waals surface area contributed by atoms with E-state index in [1.54, 1.807) is 19.1 Å². The van der Waals surface area contributed by atoms with Gasteiger partial charge in [-0.1, -0.05) is 30.9 Å². The van der Waals surface area contributed by atoms with Crippen molar-refractivity contribution < 1.29 is 38.2 Å². The quantitative estimate of drug-likeness (QED) is 0.229. The molecule has 0 aromatic heterocycles. The second-order valence-electron chi connectivity index (χ2n) is 9.36. The van der Waals surface area contributed by atoms with E-state index >= 15 is 0 Å². The summed E-state index contributed by atoms with van der Waals surface area (Å²) in [5.41, 5.74) is -1.00. The lowest BCUT2D eigenvalue weighted by molar-refractivity contribution is -0.164. The minimum atomic E-state index is -1.00. The minimum Gasteiger partial charge on any atom is -0.465 e. The molecule has 0 aliphatic heterocycles. The van der Waals surface area contributed by atoms with Gasteiger partial charge in [-0.15, -0.1) is 0 Å². The summed E-state index contributed by atoms with van der Waals surface area (Å²) in [4.78, 5) is 60.9. The molecule has 0 N–H and O–H groups in total. The van der Waals surface area contributed by atoms with E-state index in [0.29, 0.717) is 12.8 Å². The molecule has 6 atom stereocenters. The molecule has 2 fully saturated rings. The Morgan fingerprint density at radius 3 is 1.66 bits per heavy atom. The van der Waals surface area contributed by atoms with Gasteiger partial charge >= 0.3 is 17.9 Å². The molecule has 0 saturated heterocycles. The fourth-order valence-corrected chi connectivity index (χ4v) is 4.90. The van der Waals surface area contributed by atoms with Crippen molar-refractivity contribution in [1.82, 2.24) is 0 Å². The number of hydrogen-bond acceptors (Lipinski definition) is 8. The molecule has 2 saturated carbocycles. The van der Waals surface area contributed by atoms with Gasteiger partial charge in [-0.25, -0.2) is 4.79 Å². The van der Waals surface area contributed by atoms with Gasteiger partial charge in [0.2, 0.25) is 0 Å². The fourth-order valence-electron chi connectivity index (χ4n) is 4.90. The van der Waals surface area contributed by atoms with E-state index in [4.69, 9.17) is 14.2 Å². The first-order valence-corrected chi connectivity index (χ1v) is 10.8. The van der Waals surface area contributed by atoms with Gasteiger partial charge in [0.05, 0.1) is 17.3 Å². The maximum Gasteiger partial charge on any atom is 0.330 e. The molecule has 0 radical (unpaired) electrons. The van der Waals surface area contributed by atoms with Crippen LogP contribution in [0.1, 0.15) is 19.8 Å². The van der Waals surface area contributed by atoms with Crippen molar-refractivity contribution in [2.75, 3.05) is 19.8 Å². The number of ether oxygens (including phenoxy) is 3. The number of ketones is 2. The molecular weight excluding hydrogens is 416 g/mol. The zero-order valence-electron chi connectivity index (χ0n) is 17.9. The Hall–Kier alpha value is -3.03. The predicted octanol–water partition coefficient (Wildman–Crippen LogP) is 1.59. The fraction of sp³-hybridized carbons (Fsp3) is 0.542. The second kappa shape index (κ2) is 8.48. The van der Waals surface area contributed by atoms with Crippen LogP contribution in [-0.4, -0.2) is 49.3 Å². The second-order valence-corrected chi connectivity index (χ2v) is 9.36. The molecule has 32 heavy (non-hydrogen) atoms. The van der Waals surface area contributed by atoms with Crippen LogP contribution in [-0.2, 0) is 38.2 Å². The van der Waals surface area contributed by atoms with Gasteiger partial charge in [-0.3, -0.25) is 19.2 Å². The van der Waals surface area contributed by atoms with Crippen molar-refractivity contribution in [2.24, 2.45) is 40.9 Å². The monoisotopic (exact) mass is 442 g/mol. The number of Topliss-reactive ketones (excluding diaryl/α,β-unsaturated/α-hetero) is 2. The van der Waals surface area contributed by atoms with Crippen LogP contribution in [0.3, 0.4) is 0 Å². The molecular formula is C24H26O8. The van der Waals surface area contributed by atoms with Crippen LogP contribution in [0.15, 0.2) is 37.0 Å². The van der Waals surface area contributed by atoms with Gasteiger partial charge in [-0.2, -0.15) is 0 Å². The molecule has 4 rings (SSSR count). The average Bonchev–Trinajstić information content (AvgIpc) is 3.53. The summed E-state index contributed by atoms with van der Waals surface area (Å²) in [6, 6.07) is 0. The summed E-state index contributed by atoms with van der Waals surface area (Å²) in [7, 11) is 0. The molecule has 170 valence electrons. The van der Waals surface area contributed by atoms with Gasteiger partial charge in [0.25, 0.3) is 0 Å². The van der Waals surface area contributed by atoms with E-state index in [1.807, 2.05) is 12.2 Å². The Balaban J connectivity index is 1.35. The normalized spacial score (nSPS) is 33.3. The molecule has 8 heteroatoms. The van der Waals surface area contributed by atoms with Gasteiger partial charge in [0.1, 0.15) is 31.4 Å². The number of fused-ring (bicyclic) bond motifs is 4. The van der Waals surface area contributed by atoms with E-state index in [-0.39, 0.29) is 43.2 Å². The topological polar surface area (TPSA) is 113 Å². The molecule has 0 aromatic rings. The number of rotatable bonds is 9. The highest BCUT2D eigenvalue weighted by Gasteiger charge is 2.49. The van der Waals surface area contributed by atoms with Crippen molar-refractivity contribution >= 4 is 29.5 Å². The number of carbonyl (C=O) groups is 5. The van der Waals surface area contributed by atoms with Gasteiger partial charge < -0.3 is 14.2 Å². The molecule has 4 aliphatic rings. The summed E-state index contributed by atoms with van der Waals surface area (Å²) >= 11 is 0. The van der Waals surface area contributed by atoms with Crippen LogP contribution in [0.2, 0.25) is 0 Å². The molecule has 6 unspecified atom stereocenters. The highest BCUT2D eigenvalue weighted by Crippen LogP contribution is 2.42. The summed E-state index contributed by atoms with van der Waals surface area (Å²) in [6.07, 6.45) is 9.03. The third kappa shape index (κ3) is 4.06. The van der Waals surface area contributed by atoms with Crippen LogP contribution >= 0.6 is 0 Å². The smallest absolute Gasteiger partial charge is 0.330 e. The molecule has 4 aliphatic carbocycles. The molecule has 0 aromatic carbocycles. The number of esters is 3. The van der Waals surface area contributed by atoms with E-state index in [9.17, 15) is 24.0 Å². The van der Waals surface area contributed by atoms with Crippen LogP contribution < -0.4 is 0 Å². The van der Waals surface area contributed by atoms with Crippen molar-refractivity contribution in [2.45, 2.75) is 19.8 Å². The summed E-state index contributed by atoms with van der Waals surface area (Å²) in [6.45, 7) is 4.53. The number of allylic oxidation sites excluding steroid dienone is 4. The van der Waals surface area contributed by atoms with Crippen LogP contribution in [0.25, 0.3) is 0 Å². The SMILES string of the molecule is C=CC(=O)OCC(C)(COC(=O)C1CC2C=CC1C2=O)COC(=O)C1CC2C=CC1C2=O. The number of hydrogen-bond donors (Lipinski definition) is 0. The van der Waals surface area contributed by atoms with Gasteiger partial charge in [0.15, 0.2) is 0 Å². The molecule has 4 bridgehead atoms. The first kappa shape index (κ1) is 22.2. The number of carbonyl (C=O) groups excluding carboxylic acids is 5. The predicted molar refractivity (Wildman–Crippen MR) is 110 cm³/mol. The van der Waals surface area contributed by atoms with E-state index in [1.165, 1.54) is 0 Å². The summed E-state index contributed by atoms with van der Waals surface area (Å²) in [5.74, 6) is -3.94. The van der Waals surface area contributed by atoms with E-state index in [0.717, 1.165) is 6.08 Å². The zero-order valence-corrected chi connectivity index (χ0v) is 17.9. The van der Waals surface area contributed by atoms with E-state index < -0.39 is 47.0 Å². The average molecular weight is 442 g/mol. The standard InChI is InChI=1S/C24H26O8/c1-3-19(25)30-10-24(2,11-31-22(28)17-8-13-4-6-15(17)20(13)26)12-32-23(29)18-9-14-5-7-16(18)21(14)27/h3-7,13-18H,1,8-12H2,2H3. The highest BCUT2D eigenvalue weighted by molar-refractivity contribution is 5.97. The first-order valence-electron chi connectivity index (χ1n) is 10.8. The third-order valence-corrected chi connectivity index (χ3v) is 6.83. The Morgan fingerprint density at radius 2 is 1.31 bits per heavy atom. The first-order chi connectivity index (χ1) is 15.2. The van der Waals surface area contributed by atoms with Crippen LogP contribution in [0.5, 0.6) is 0 Å². The van der Waals surface area contributed by atoms with Crippen LogP contribution in [0.4, 0.5) is 0 Å². The lowest BCUT2D eigenvalue weighted by atomic mass is 9.91. The Labute approximate surface area is 185 Å². The largest absolute Gasteiger partial charge is 0.465 e. The lowest BCUT2D eigenvalue weighted by Crippen LogP contribution is -2.39. The Morgan fingerprint density at radius 1 is 0.875 bits per heavy atom. The van der Waals surface area contributed by atoms with Crippen LogP contribution in [0, 0.1) is 40.9 Å². The van der Waals surface area contributed by atoms with E-state index in [2.05, 4.69) is 6.58 Å². The zero-order chi connectivity index (χ0) is 23.0. The third-order valence-electron chi connectivity index (χ3n) is 6.83. The summed E-state index contributed by atoms with van der Waals surface area (Å²) in [5, 5.41) is 0. The maximum atomic E-state index is 12.6. The lowest BCUT2D eigenvalue weighted by Gasteiger charge is -2.29. The van der Waals surface area contributed by atoms with Crippen molar-refractivity contribution in [1.29, 1.82) is 0 Å². The highest BCUT2D eigenvalue weighted by atomic mass is 16.6. The summed E-state index contributed by atoms with van der Waals surface area (Å²) < 4.78 is 16.1.